The van der Waals surface area contributed by atoms with Crippen molar-refractivity contribution in [3.63, 3.8) is 0 Å². The van der Waals surface area contributed by atoms with Crippen molar-refractivity contribution in [2.75, 3.05) is 20.1 Å². The smallest absolute Gasteiger partial charge is 0.321 e. The molecule has 0 saturated heterocycles. The van der Waals surface area contributed by atoms with Crippen molar-refractivity contribution in [2.45, 2.75) is 13.0 Å². The summed E-state index contributed by atoms with van der Waals surface area (Å²) in [7, 11) is 1.82. The second kappa shape index (κ2) is 4.90. The average Bonchev–Trinajstić information content (AvgIpc) is 1.84. The van der Waals surface area contributed by atoms with Gasteiger partial charge in [-0.1, -0.05) is 12.2 Å². The molecule has 70 valence electrons. The number of hydrogen-bond donors (Lipinski definition) is 2. The molecule has 0 aliphatic carbocycles. The van der Waals surface area contributed by atoms with Gasteiger partial charge in [-0.2, -0.15) is 0 Å². The lowest BCUT2D eigenvalue weighted by molar-refractivity contribution is -0.138. The predicted molar refractivity (Wildman–Crippen MR) is 47.9 cm³/mol. The summed E-state index contributed by atoms with van der Waals surface area (Å²) < 4.78 is 0. The van der Waals surface area contributed by atoms with E-state index in [4.69, 9.17) is 10.8 Å². The number of carboxylic acids is 1. The molecule has 12 heavy (non-hydrogen) atoms. The van der Waals surface area contributed by atoms with Gasteiger partial charge in [-0.05, 0) is 14.0 Å². The first-order valence-electron chi connectivity index (χ1n) is 3.74. The molecule has 0 heterocycles. The molecule has 0 aromatic carbocycles. The molecule has 0 amide bonds. The molecule has 0 aromatic heterocycles. The van der Waals surface area contributed by atoms with E-state index < -0.39 is 12.0 Å². The molecule has 0 rings (SSSR count). The van der Waals surface area contributed by atoms with E-state index in [-0.39, 0.29) is 0 Å². The molecule has 0 spiro atoms. The van der Waals surface area contributed by atoms with Crippen molar-refractivity contribution >= 4 is 5.97 Å². The first-order valence-corrected chi connectivity index (χ1v) is 3.74. The lowest BCUT2D eigenvalue weighted by Gasteiger charge is -2.18. The summed E-state index contributed by atoms with van der Waals surface area (Å²) in [6.45, 7) is 6.64. The second-order valence-corrected chi connectivity index (χ2v) is 3.10. The molecule has 0 radical (unpaired) electrons. The van der Waals surface area contributed by atoms with Gasteiger partial charge in [0.05, 0.1) is 0 Å². The SMILES string of the molecule is C=C(C)CN(C)CC(N)C(=O)O. The second-order valence-electron chi connectivity index (χ2n) is 3.10. The van der Waals surface area contributed by atoms with Crippen LogP contribution in [0.5, 0.6) is 0 Å². The molecule has 1 unspecified atom stereocenters. The number of hydrogen-bond acceptors (Lipinski definition) is 3. The summed E-state index contributed by atoms with van der Waals surface area (Å²) in [4.78, 5) is 12.2. The normalized spacial score (nSPS) is 13.0. The highest BCUT2D eigenvalue weighted by molar-refractivity contribution is 5.73. The Hall–Kier alpha value is -0.870. The first-order chi connectivity index (χ1) is 5.43. The van der Waals surface area contributed by atoms with Gasteiger partial charge < -0.3 is 15.7 Å². The summed E-state index contributed by atoms with van der Waals surface area (Å²) in [5.74, 6) is -0.969. The summed E-state index contributed by atoms with van der Waals surface area (Å²) in [5.41, 5.74) is 6.32. The van der Waals surface area contributed by atoms with E-state index in [2.05, 4.69) is 6.58 Å². The third-order valence-electron chi connectivity index (χ3n) is 1.37. The number of rotatable bonds is 5. The molecular weight excluding hydrogens is 156 g/mol. The Morgan fingerprint density at radius 3 is 2.58 bits per heavy atom. The number of likely N-dealkylation sites (N-methyl/N-ethyl adjacent to an activating group) is 1. The van der Waals surface area contributed by atoms with Crippen molar-refractivity contribution in [2.24, 2.45) is 5.73 Å². The van der Waals surface area contributed by atoms with Gasteiger partial charge >= 0.3 is 5.97 Å². The van der Waals surface area contributed by atoms with Crippen molar-refractivity contribution in [3.05, 3.63) is 12.2 Å². The van der Waals surface area contributed by atoms with Crippen LogP contribution in [-0.2, 0) is 4.79 Å². The van der Waals surface area contributed by atoms with E-state index in [1.807, 2.05) is 18.9 Å². The van der Waals surface area contributed by atoms with Gasteiger partial charge in [0.2, 0.25) is 0 Å². The predicted octanol–water partition coefficient (Wildman–Crippen LogP) is -0.0938. The van der Waals surface area contributed by atoms with E-state index in [0.29, 0.717) is 13.1 Å². The van der Waals surface area contributed by atoms with Gasteiger partial charge in [-0.25, -0.2) is 0 Å². The van der Waals surface area contributed by atoms with Crippen LogP contribution < -0.4 is 5.73 Å². The molecule has 0 aromatic rings. The van der Waals surface area contributed by atoms with Gasteiger partial charge in [0, 0.05) is 13.1 Å². The van der Waals surface area contributed by atoms with Crippen LogP contribution >= 0.6 is 0 Å². The van der Waals surface area contributed by atoms with Crippen LogP contribution in [0.1, 0.15) is 6.92 Å². The summed E-state index contributed by atoms with van der Waals surface area (Å²) >= 11 is 0. The van der Waals surface area contributed by atoms with Crippen LogP contribution in [0.15, 0.2) is 12.2 Å². The molecule has 0 aliphatic rings. The van der Waals surface area contributed by atoms with Crippen LogP contribution in [-0.4, -0.2) is 42.2 Å². The minimum Gasteiger partial charge on any atom is -0.480 e. The van der Waals surface area contributed by atoms with Crippen LogP contribution in [0.4, 0.5) is 0 Å². The fourth-order valence-corrected chi connectivity index (χ4v) is 0.939. The molecular formula is C8H16N2O2. The maximum atomic E-state index is 10.3. The number of carbonyl (C=O) groups is 1. The van der Waals surface area contributed by atoms with Gasteiger partial charge in [0.1, 0.15) is 6.04 Å². The number of nitrogens with zero attached hydrogens (tertiary/aromatic N) is 1. The maximum absolute atomic E-state index is 10.3. The fourth-order valence-electron chi connectivity index (χ4n) is 0.939. The van der Waals surface area contributed by atoms with Gasteiger partial charge in [0.25, 0.3) is 0 Å². The number of nitrogens with two attached hydrogens (primary N) is 1. The molecule has 4 nitrogen and oxygen atoms in total. The summed E-state index contributed by atoms with van der Waals surface area (Å²) in [6.07, 6.45) is 0. The standard InChI is InChI=1S/C8H16N2O2/c1-6(2)4-10(3)5-7(9)8(11)12/h7H,1,4-5,9H2,2-3H3,(H,11,12). The van der Waals surface area contributed by atoms with Crippen LogP contribution in [0.25, 0.3) is 0 Å². The average molecular weight is 172 g/mol. The monoisotopic (exact) mass is 172 g/mol. The van der Waals surface area contributed by atoms with Gasteiger partial charge in [-0.3, -0.25) is 4.79 Å². The molecule has 1 atom stereocenters. The largest absolute Gasteiger partial charge is 0.480 e. The molecule has 0 fully saturated rings. The third kappa shape index (κ3) is 4.87. The molecule has 0 aliphatic heterocycles. The highest BCUT2D eigenvalue weighted by atomic mass is 16.4. The van der Waals surface area contributed by atoms with Crippen molar-refractivity contribution in [1.29, 1.82) is 0 Å². The Morgan fingerprint density at radius 2 is 2.25 bits per heavy atom. The minimum atomic E-state index is -0.969. The summed E-state index contributed by atoms with van der Waals surface area (Å²) in [5, 5.41) is 8.49. The maximum Gasteiger partial charge on any atom is 0.321 e. The number of carboxylic acid groups (broad SMARTS) is 1. The summed E-state index contributed by atoms with van der Waals surface area (Å²) in [6, 6.07) is -0.811. The van der Waals surface area contributed by atoms with Gasteiger partial charge in [0.15, 0.2) is 0 Å². The van der Waals surface area contributed by atoms with Crippen molar-refractivity contribution < 1.29 is 9.90 Å². The highest BCUT2D eigenvalue weighted by Gasteiger charge is 2.13. The van der Waals surface area contributed by atoms with E-state index in [0.717, 1.165) is 5.57 Å². The Kier molecular flexibility index (Phi) is 4.54. The van der Waals surface area contributed by atoms with Crippen molar-refractivity contribution in [3.8, 4) is 0 Å². The zero-order valence-corrected chi connectivity index (χ0v) is 7.58. The van der Waals surface area contributed by atoms with E-state index >= 15 is 0 Å². The van der Waals surface area contributed by atoms with Crippen LogP contribution in [0, 0.1) is 0 Å². The zero-order valence-electron chi connectivity index (χ0n) is 7.58. The fraction of sp³-hybridized carbons (Fsp3) is 0.625. The van der Waals surface area contributed by atoms with Gasteiger partial charge in [-0.15, -0.1) is 0 Å². The zero-order chi connectivity index (χ0) is 9.72. The minimum absolute atomic E-state index is 0.349. The molecule has 0 bridgehead atoms. The highest BCUT2D eigenvalue weighted by Crippen LogP contribution is 1.93. The lowest BCUT2D eigenvalue weighted by atomic mass is 10.2. The molecule has 4 heteroatoms. The first kappa shape index (κ1) is 11.1. The van der Waals surface area contributed by atoms with Crippen LogP contribution in [0.2, 0.25) is 0 Å². The van der Waals surface area contributed by atoms with Crippen molar-refractivity contribution in [1.82, 2.24) is 4.90 Å². The quantitative estimate of drug-likeness (QED) is 0.569. The molecule has 3 N–H and O–H groups in total. The van der Waals surface area contributed by atoms with E-state index in [1.165, 1.54) is 0 Å². The molecule has 0 saturated carbocycles. The Bertz CT molecular complexity index is 180. The Balaban J connectivity index is 3.76. The van der Waals surface area contributed by atoms with E-state index in [1.54, 1.807) is 0 Å². The topological polar surface area (TPSA) is 66.6 Å². The third-order valence-corrected chi connectivity index (χ3v) is 1.37. The van der Waals surface area contributed by atoms with E-state index in [9.17, 15) is 4.79 Å². The Morgan fingerprint density at radius 1 is 1.75 bits per heavy atom. The van der Waals surface area contributed by atoms with Crippen LogP contribution in [0.3, 0.4) is 0 Å². The number of aliphatic carboxylic acids is 1. The lowest BCUT2D eigenvalue weighted by Crippen LogP contribution is -2.41. The Labute approximate surface area is 72.7 Å².